The number of aliphatic hydroxyl groups is 1. The number of likely N-dealkylation sites (N-methyl/N-ethyl adjacent to an activating group) is 1. The second-order valence-corrected chi connectivity index (χ2v) is 4.40. The first-order chi connectivity index (χ1) is 9.10. The normalized spacial score (nSPS) is 12.3. The molecule has 19 heavy (non-hydrogen) atoms. The minimum atomic E-state index is -0.530. The molecule has 0 saturated heterocycles. The van der Waals surface area contributed by atoms with Gasteiger partial charge in [0.15, 0.2) is 0 Å². The summed E-state index contributed by atoms with van der Waals surface area (Å²) < 4.78 is 4.93. The SMILES string of the molecule is CCNc1cc(N(C)CC(O)COC)nc(CC)n1. The zero-order chi connectivity index (χ0) is 14.3. The Morgan fingerprint density at radius 1 is 1.42 bits per heavy atom. The van der Waals surface area contributed by atoms with Crippen molar-refractivity contribution in [2.45, 2.75) is 26.4 Å². The van der Waals surface area contributed by atoms with Crippen LogP contribution in [0.4, 0.5) is 11.6 Å². The van der Waals surface area contributed by atoms with Gasteiger partial charge in [-0.1, -0.05) is 6.92 Å². The molecule has 0 amide bonds. The van der Waals surface area contributed by atoms with Gasteiger partial charge in [0.25, 0.3) is 0 Å². The highest BCUT2D eigenvalue weighted by Crippen LogP contribution is 2.15. The molecule has 0 fully saturated rings. The first-order valence-corrected chi connectivity index (χ1v) is 6.60. The maximum atomic E-state index is 9.75. The third kappa shape index (κ3) is 5.00. The Balaban J connectivity index is 2.82. The summed E-state index contributed by atoms with van der Waals surface area (Å²) in [7, 11) is 3.47. The lowest BCUT2D eigenvalue weighted by molar-refractivity contribution is 0.0694. The molecule has 1 atom stereocenters. The van der Waals surface area contributed by atoms with E-state index < -0.39 is 6.10 Å². The molecule has 2 N–H and O–H groups in total. The van der Waals surface area contributed by atoms with E-state index in [1.165, 1.54) is 0 Å². The molecule has 6 heteroatoms. The Hall–Kier alpha value is -1.40. The van der Waals surface area contributed by atoms with Crippen molar-refractivity contribution in [3.8, 4) is 0 Å². The first kappa shape index (κ1) is 15.7. The number of nitrogens with zero attached hydrogens (tertiary/aromatic N) is 3. The number of hydrogen-bond donors (Lipinski definition) is 2. The second kappa shape index (κ2) is 7.91. The average molecular weight is 268 g/mol. The van der Waals surface area contributed by atoms with Crippen molar-refractivity contribution < 1.29 is 9.84 Å². The topological polar surface area (TPSA) is 70.5 Å². The molecule has 0 spiro atoms. The lowest BCUT2D eigenvalue weighted by atomic mass is 10.3. The third-order valence-corrected chi connectivity index (χ3v) is 2.67. The van der Waals surface area contributed by atoms with Gasteiger partial charge in [-0.15, -0.1) is 0 Å². The van der Waals surface area contributed by atoms with Crippen molar-refractivity contribution in [2.75, 3.05) is 44.1 Å². The maximum Gasteiger partial charge on any atom is 0.134 e. The monoisotopic (exact) mass is 268 g/mol. The zero-order valence-electron chi connectivity index (χ0n) is 12.2. The third-order valence-electron chi connectivity index (χ3n) is 2.67. The Morgan fingerprint density at radius 2 is 2.16 bits per heavy atom. The van der Waals surface area contributed by atoms with Crippen molar-refractivity contribution in [1.82, 2.24) is 9.97 Å². The summed E-state index contributed by atoms with van der Waals surface area (Å²) in [5, 5.41) is 12.9. The van der Waals surface area contributed by atoms with Gasteiger partial charge in [0.05, 0.1) is 12.7 Å². The number of rotatable bonds is 8. The van der Waals surface area contributed by atoms with Gasteiger partial charge in [-0.25, -0.2) is 9.97 Å². The lowest BCUT2D eigenvalue weighted by Crippen LogP contribution is -2.32. The molecule has 108 valence electrons. The van der Waals surface area contributed by atoms with Crippen LogP contribution in [0.2, 0.25) is 0 Å². The van der Waals surface area contributed by atoms with E-state index >= 15 is 0 Å². The van der Waals surface area contributed by atoms with E-state index in [1.807, 2.05) is 31.9 Å². The van der Waals surface area contributed by atoms with Gasteiger partial charge in [-0.2, -0.15) is 0 Å². The highest BCUT2D eigenvalue weighted by atomic mass is 16.5. The smallest absolute Gasteiger partial charge is 0.134 e. The van der Waals surface area contributed by atoms with Gasteiger partial charge in [0.1, 0.15) is 17.5 Å². The van der Waals surface area contributed by atoms with Crippen LogP contribution in [0, 0.1) is 0 Å². The summed E-state index contributed by atoms with van der Waals surface area (Å²) in [6, 6.07) is 1.89. The quantitative estimate of drug-likeness (QED) is 0.730. The Bertz CT molecular complexity index is 387. The molecule has 1 heterocycles. The molecule has 0 aliphatic rings. The van der Waals surface area contributed by atoms with Crippen LogP contribution < -0.4 is 10.2 Å². The number of nitrogens with one attached hydrogen (secondary N) is 1. The Kier molecular flexibility index (Phi) is 6.52. The van der Waals surface area contributed by atoms with Gasteiger partial charge in [0.2, 0.25) is 0 Å². The number of ether oxygens (including phenoxy) is 1. The van der Waals surface area contributed by atoms with Gasteiger partial charge < -0.3 is 20.1 Å². The molecule has 0 radical (unpaired) electrons. The molecular formula is C13H24N4O2. The van der Waals surface area contributed by atoms with Crippen molar-refractivity contribution in [1.29, 1.82) is 0 Å². The number of anilines is 2. The fourth-order valence-corrected chi connectivity index (χ4v) is 1.76. The van der Waals surface area contributed by atoms with E-state index in [0.29, 0.717) is 13.2 Å². The van der Waals surface area contributed by atoms with E-state index in [9.17, 15) is 5.11 Å². The van der Waals surface area contributed by atoms with Crippen LogP contribution in [0.25, 0.3) is 0 Å². The molecule has 1 rings (SSSR count). The standard InChI is InChI=1S/C13H24N4O2/c1-5-11-15-12(14-6-2)7-13(16-11)17(3)8-10(18)9-19-4/h7,10,18H,5-6,8-9H2,1-4H3,(H,14,15,16). The summed E-state index contributed by atoms with van der Waals surface area (Å²) in [4.78, 5) is 10.8. The van der Waals surface area contributed by atoms with Crippen LogP contribution in [-0.4, -0.2) is 55.0 Å². The van der Waals surface area contributed by atoms with Crippen LogP contribution in [0.5, 0.6) is 0 Å². The highest BCUT2D eigenvalue weighted by Gasteiger charge is 2.12. The van der Waals surface area contributed by atoms with Crippen molar-refractivity contribution in [3.05, 3.63) is 11.9 Å². The molecule has 0 aliphatic heterocycles. The van der Waals surface area contributed by atoms with Crippen LogP contribution >= 0.6 is 0 Å². The number of hydrogen-bond acceptors (Lipinski definition) is 6. The second-order valence-electron chi connectivity index (χ2n) is 4.40. The van der Waals surface area contributed by atoms with Gasteiger partial charge in [0, 0.05) is 39.7 Å². The lowest BCUT2D eigenvalue weighted by Gasteiger charge is -2.22. The number of aromatic nitrogens is 2. The molecule has 6 nitrogen and oxygen atoms in total. The van der Waals surface area contributed by atoms with Gasteiger partial charge in [-0.3, -0.25) is 0 Å². The van der Waals surface area contributed by atoms with E-state index in [4.69, 9.17) is 4.74 Å². The molecule has 0 aromatic carbocycles. The summed E-state index contributed by atoms with van der Waals surface area (Å²) in [5.41, 5.74) is 0. The first-order valence-electron chi connectivity index (χ1n) is 6.60. The predicted molar refractivity (Wildman–Crippen MR) is 76.7 cm³/mol. The van der Waals surface area contributed by atoms with E-state index in [0.717, 1.165) is 30.4 Å². The van der Waals surface area contributed by atoms with Crippen molar-refractivity contribution in [2.24, 2.45) is 0 Å². The Labute approximate surface area is 114 Å². The molecule has 1 aromatic rings. The van der Waals surface area contributed by atoms with Crippen LogP contribution in [0.3, 0.4) is 0 Å². The van der Waals surface area contributed by atoms with E-state index in [-0.39, 0.29) is 0 Å². The van der Waals surface area contributed by atoms with E-state index in [1.54, 1.807) is 7.11 Å². The molecule has 1 unspecified atom stereocenters. The molecule has 1 aromatic heterocycles. The predicted octanol–water partition coefficient (Wildman–Crippen LogP) is 0.914. The van der Waals surface area contributed by atoms with E-state index in [2.05, 4.69) is 15.3 Å². The summed E-state index contributed by atoms with van der Waals surface area (Å²) in [5.74, 6) is 2.41. The fraction of sp³-hybridized carbons (Fsp3) is 0.692. The van der Waals surface area contributed by atoms with Crippen LogP contribution in [-0.2, 0) is 11.2 Å². The zero-order valence-corrected chi connectivity index (χ0v) is 12.2. The highest BCUT2D eigenvalue weighted by molar-refractivity contribution is 5.49. The molecule has 0 bridgehead atoms. The minimum Gasteiger partial charge on any atom is -0.389 e. The number of methoxy groups -OCH3 is 1. The Morgan fingerprint density at radius 3 is 2.74 bits per heavy atom. The number of aryl methyl sites for hydroxylation is 1. The average Bonchev–Trinajstić information content (AvgIpc) is 2.38. The largest absolute Gasteiger partial charge is 0.389 e. The van der Waals surface area contributed by atoms with Crippen molar-refractivity contribution in [3.63, 3.8) is 0 Å². The summed E-state index contributed by atoms with van der Waals surface area (Å²) in [6.07, 6.45) is 0.248. The molecule has 0 saturated carbocycles. The maximum absolute atomic E-state index is 9.75. The summed E-state index contributed by atoms with van der Waals surface area (Å²) >= 11 is 0. The van der Waals surface area contributed by atoms with Crippen molar-refractivity contribution >= 4 is 11.6 Å². The number of aliphatic hydroxyl groups excluding tert-OH is 1. The van der Waals surface area contributed by atoms with Gasteiger partial charge in [-0.05, 0) is 6.92 Å². The molecule has 0 aliphatic carbocycles. The molecular weight excluding hydrogens is 244 g/mol. The minimum absolute atomic E-state index is 0.316. The fourth-order valence-electron chi connectivity index (χ4n) is 1.76. The summed E-state index contributed by atoms with van der Waals surface area (Å²) in [6.45, 7) is 5.65. The van der Waals surface area contributed by atoms with Crippen LogP contribution in [0.15, 0.2) is 6.07 Å². The van der Waals surface area contributed by atoms with Crippen LogP contribution in [0.1, 0.15) is 19.7 Å². The van der Waals surface area contributed by atoms with Gasteiger partial charge >= 0.3 is 0 Å².